The fourth-order valence-electron chi connectivity index (χ4n) is 2.27. The van der Waals surface area contributed by atoms with Crippen molar-refractivity contribution in [3.63, 3.8) is 0 Å². The third-order valence-electron chi connectivity index (χ3n) is 3.56. The summed E-state index contributed by atoms with van der Waals surface area (Å²) in [5.74, 6) is 0.875. The first-order chi connectivity index (χ1) is 7.67. The molecule has 0 saturated carbocycles. The summed E-state index contributed by atoms with van der Waals surface area (Å²) in [5, 5.41) is 0. The van der Waals surface area contributed by atoms with E-state index in [1.54, 1.807) is 5.56 Å². The van der Waals surface area contributed by atoms with Gasteiger partial charge in [-0.1, -0.05) is 63.3 Å². The molecule has 0 heterocycles. The van der Waals surface area contributed by atoms with Crippen LogP contribution in [0.2, 0.25) is 0 Å². The Morgan fingerprint density at radius 1 is 1.12 bits per heavy atom. The summed E-state index contributed by atoms with van der Waals surface area (Å²) in [4.78, 5) is 0. The van der Waals surface area contributed by atoms with Gasteiger partial charge in [0.1, 0.15) is 0 Å². The number of rotatable bonds is 6. The molecule has 16 heavy (non-hydrogen) atoms. The van der Waals surface area contributed by atoms with E-state index in [-0.39, 0.29) is 0 Å². The van der Waals surface area contributed by atoms with E-state index in [4.69, 9.17) is 0 Å². The number of aryl methyl sites for hydroxylation is 2. The second-order valence-corrected chi connectivity index (χ2v) is 5.05. The Morgan fingerprint density at radius 2 is 1.88 bits per heavy atom. The summed E-state index contributed by atoms with van der Waals surface area (Å²) in [7, 11) is 0. The van der Waals surface area contributed by atoms with E-state index in [9.17, 15) is 0 Å². The first-order valence-corrected chi connectivity index (χ1v) is 6.73. The molecule has 0 aliphatic rings. The molecule has 0 N–H and O–H groups in total. The van der Waals surface area contributed by atoms with Gasteiger partial charge in [-0.2, -0.15) is 0 Å². The second-order valence-electron chi connectivity index (χ2n) is 5.05. The van der Waals surface area contributed by atoms with Gasteiger partial charge in [-0.25, -0.2) is 0 Å². The smallest absolute Gasteiger partial charge is 0.0248 e. The van der Waals surface area contributed by atoms with Crippen LogP contribution in [0.1, 0.15) is 56.2 Å². The maximum Gasteiger partial charge on any atom is -0.0248 e. The van der Waals surface area contributed by atoms with E-state index in [1.807, 2.05) is 0 Å². The zero-order chi connectivity index (χ0) is 12.0. The molecule has 0 saturated heterocycles. The SMILES string of the molecule is CCCCC(CC)Cc1cc(C)ccc1C. The lowest BCUT2D eigenvalue weighted by Gasteiger charge is -2.16. The first kappa shape index (κ1) is 13.3. The molecular weight excluding hydrogens is 192 g/mol. The Morgan fingerprint density at radius 3 is 2.50 bits per heavy atom. The Hall–Kier alpha value is -0.780. The Labute approximate surface area is 101 Å². The van der Waals surface area contributed by atoms with Crippen LogP contribution in [-0.4, -0.2) is 0 Å². The predicted octanol–water partition coefficient (Wildman–Crippen LogP) is 5.06. The van der Waals surface area contributed by atoms with Crippen molar-refractivity contribution in [3.05, 3.63) is 34.9 Å². The normalized spacial score (nSPS) is 12.8. The van der Waals surface area contributed by atoms with Crippen molar-refractivity contribution in [2.24, 2.45) is 5.92 Å². The van der Waals surface area contributed by atoms with Gasteiger partial charge in [-0.15, -0.1) is 0 Å². The van der Waals surface area contributed by atoms with Gasteiger partial charge in [0.15, 0.2) is 0 Å². The molecule has 0 aliphatic heterocycles. The van der Waals surface area contributed by atoms with Crippen molar-refractivity contribution < 1.29 is 0 Å². The monoisotopic (exact) mass is 218 g/mol. The lowest BCUT2D eigenvalue weighted by molar-refractivity contribution is 0.448. The lowest BCUT2D eigenvalue weighted by atomic mass is 9.89. The highest BCUT2D eigenvalue weighted by molar-refractivity contribution is 5.30. The molecule has 0 fully saturated rings. The van der Waals surface area contributed by atoms with Crippen LogP contribution in [-0.2, 0) is 6.42 Å². The molecule has 0 bridgehead atoms. The predicted molar refractivity (Wildman–Crippen MR) is 72.9 cm³/mol. The van der Waals surface area contributed by atoms with Gasteiger partial charge >= 0.3 is 0 Å². The van der Waals surface area contributed by atoms with E-state index in [0.717, 1.165) is 5.92 Å². The van der Waals surface area contributed by atoms with Gasteiger partial charge in [-0.3, -0.25) is 0 Å². The zero-order valence-corrected chi connectivity index (χ0v) is 11.3. The average Bonchev–Trinajstić information content (AvgIpc) is 2.28. The maximum absolute atomic E-state index is 2.37. The summed E-state index contributed by atoms with van der Waals surface area (Å²) in [5.41, 5.74) is 4.41. The van der Waals surface area contributed by atoms with E-state index >= 15 is 0 Å². The Kier molecular flexibility index (Phi) is 5.59. The van der Waals surface area contributed by atoms with Gasteiger partial charge in [0, 0.05) is 0 Å². The fourth-order valence-corrected chi connectivity index (χ4v) is 2.27. The van der Waals surface area contributed by atoms with Gasteiger partial charge in [-0.05, 0) is 37.3 Å². The first-order valence-electron chi connectivity index (χ1n) is 6.73. The van der Waals surface area contributed by atoms with Crippen molar-refractivity contribution in [3.8, 4) is 0 Å². The molecule has 0 radical (unpaired) electrons. The highest BCUT2D eigenvalue weighted by Gasteiger charge is 2.08. The van der Waals surface area contributed by atoms with Crippen molar-refractivity contribution >= 4 is 0 Å². The minimum atomic E-state index is 0.875. The summed E-state index contributed by atoms with van der Waals surface area (Å²) in [6.07, 6.45) is 6.67. The number of benzene rings is 1. The van der Waals surface area contributed by atoms with Gasteiger partial charge in [0.25, 0.3) is 0 Å². The van der Waals surface area contributed by atoms with E-state index in [0.29, 0.717) is 0 Å². The number of unbranched alkanes of at least 4 members (excludes halogenated alkanes) is 1. The van der Waals surface area contributed by atoms with Crippen LogP contribution in [0.4, 0.5) is 0 Å². The molecule has 0 nitrogen and oxygen atoms in total. The van der Waals surface area contributed by atoms with Crippen LogP contribution in [0.3, 0.4) is 0 Å². The summed E-state index contributed by atoms with van der Waals surface area (Å²) in [6.45, 7) is 9.04. The Bertz CT molecular complexity index is 312. The molecule has 0 heteroatoms. The van der Waals surface area contributed by atoms with Crippen LogP contribution >= 0.6 is 0 Å². The minimum Gasteiger partial charge on any atom is -0.0654 e. The van der Waals surface area contributed by atoms with Crippen molar-refractivity contribution in [2.75, 3.05) is 0 Å². The molecule has 1 rings (SSSR count). The third kappa shape index (κ3) is 4.00. The molecule has 1 unspecified atom stereocenters. The molecule has 1 atom stereocenters. The van der Waals surface area contributed by atoms with Crippen molar-refractivity contribution in [1.29, 1.82) is 0 Å². The quantitative estimate of drug-likeness (QED) is 0.626. The average molecular weight is 218 g/mol. The van der Waals surface area contributed by atoms with Crippen molar-refractivity contribution in [1.82, 2.24) is 0 Å². The molecule has 0 spiro atoms. The summed E-state index contributed by atoms with van der Waals surface area (Å²) >= 11 is 0. The number of hydrogen-bond donors (Lipinski definition) is 0. The fraction of sp³-hybridized carbons (Fsp3) is 0.625. The summed E-state index contributed by atoms with van der Waals surface area (Å²) in [6, 6.07) is 6.84. The standard InChI is InChI=1S/C16H26/c1-5-7-8-15(6-2)12-16-11-13(3)9-10-14(16)4/h9-11,15H,5-8,12H2,1-4H3. The molecule has 0 aromatic heterocycles. The van der Waals surface area contributed by atoms with Gasteiger partial charge < -0.3 is 0 Å². The highest BCUT2D eigenvalue weighted by atomic mass is 14.1. The molecule has 0 aliphatic carbocycles. The number of hydrogen-bond acceptors (Lipinski definition) is 0. The van der Waals surface area contributed by atoms with Crippen LogP contribution in [0.15, 0.2) is 18.2 Å². The van der Waals surface area contributed by atoms with Crippen LogP contribution in [0.25, 0.3) is 0 Å². The molecular formula is C16H26. The van der Waals surface area contributed by atoms with E-state index < -0.39 is 0 Å². The zero-order valence-electron chi connectivity index (χ0n) is 11.3. The highest BCUT2D eigenvalue weighted by Crippen LogP contribution is 2.21. The minimum absolute atomic E-state index is 0.875. The molecule has 90 valence electrons. The van der Waals surface area contributed by atoms with Crippen LogP contribution in [0, 0.1) is 19.8 Å². The van der Waals surface area contributed by atoms with Crippen LogP contribution < -0.4 is 0 Å². The van der Waals surface area contributed by atoms with E-state index in [2.05, 4.69) is 45.9 Å². The topological polar surface area (TPSA) is 0 Å². The van der Waals surface area contributed by atoms with Gasteiger partial charge in [0.05, 0.1) is 0 Å². The summed E-state index contributed by atoms with van der Waals surface area (Å²) < 4.78 is 0. The molecule has 1 aromatic rings. The maximum atomic E-state index is 2.37. The molecule has 1 aromatic carbocycles. The lowest BCUT2D eigenvalue weighted by Crippen LogP contribution is -2.05. The van der Waals surface area contributed by atoms with E-state index in [1.165, 1.54) is 43.2 Å². The third-order valence-corrected chi connectivity index (χ3v) is 3.56. The van der Waals surface area contributed by atoms with Crippen molar-refractivity contribution in [2.45, 2.75) is 59.8 Å². The van der Waals surface area contributed by atoms with Gasteiger partial charge in [0.2, 0.25) is 0 Å². The second kappa shape index (κ2) is 6.73. The largest absolute Gasteiger partial charge is 0.0654 e. The van der Waals surface area contributed by atoms with Crippen LogP contribution in [0.5, 0.6) is 0 Å². The molecule has 0 amide bonds. The Balaban J connectivity index is 2.65.